The maximum atomic E-state index is 12.7. The summed E-state index contributed by atoms with van der Waals surface area (Å²) in [5.41, 5.74) is 1.49. The lowest BCUT2D eigenvalue weighted by Gasteiger charge is -2.46. The summed E-state index contributed by atoms with van der Waals surface area (Å²) >= 11 is 0. The predicted octanol–water partition coefficient (Wildman–Crippen LogP) is 3.69. The van der Waals surface area contributed by atoms with Gasteiger partial charge in [0.15, 0.2) is 0 Å². The van der Waals surface area contributed by atoms with E-state index in [0.29, 0.717) is 11.1 Å². The van der Waals surface area contributed by atoms with E-state index in [2.05, 4.69) is 6.07 Å². The number of piperidine rings is 1. The Morgan fingerprint density at radius 1 is 1.15 bits per heavy atom. The van der Waals surface area contributed by atoms with Gasteiger partial charge in [-0.1, -0.05) is 6.92 Å². The second-order valence-corrected chi connectivity index (χ2v) is 7.95. The molecule has 2 fully saturated rings. The Morgan fingerprint density at radius 2 is 1.73 bits per heavy atom. The molecule has 1 spiro atoms. The van der Waals surface area contributed by atoms with Gasteiger partial charge in [-0.25, -0.2) is 0 Å². The van der Waals surface area contributed by atoms with Gasteiger partial charge >= 0.3 is 5.97 Å². The lowest BCUT2D eigenvalue weighted by atomic mass is 9.63. The molecule has 1 unspecified atom stereocenters. The van der Waals surface area contributed by atoms with Gasteiger partial charge in [0.2, 0.25) is 0 Å². The highest BCUT2D eigenvalue weighted by atomic mass is 16.4. The van der Waals surface area contributed by atoms with Crippen molar-refractivity contribution in [2.75, 3.05) is 13.1 Å². The molecule has 1 saturated carbocycles. The zero-order valence-corrected chi connectivity index (χ0v) is 15.3. The third-order valence-corrected chi connectivity index (χ3v) is 6.56. The molecule has 1 aromatic carbocycles. The van der Waals surface area contributed by atoms with Crippen molar-refractivity contribution in [2.45, 2.75) is 45.4 Å². The molecule has 138 valence electrons. The van der Waals surface area contributed by atoms with Crippen LogP contribution in [0.2, 0.25) is 0 Å². The minimum absolute atomic E-state index is 0.0394. The van der Waals surface area contributed by atoms with Crippen LogP contribution < -0.4 is 0 Å². The zero-order valence-electron chi connectivity index (χ0n) is 15.3. The van der Waals surface area contributed by atoms with Crippen molar-refractivity contribution in [2.24, 2.45) is 17.3 Å². The minimum Gasteiger partial charge on any atom is -0.481 e. The third kappa shape index (κ3) is 3.75. The molecule has 26 heavy (non-hydrogen) atoms. The molecule has 5 nitrogen and oxygen atoms in total. The van der Waals surface area contributed by atoms with Crippen molar-refractivity contribution in [3.8, 4) is 6.07 Å². The SMILES string of the molecule is CC(C(=O)O)C1CCC2(CC1)CCN(C(=O)c1ccc(C#N)cc1)CC2. The van der Waals surface area contributed by atoms with Crippen LogP contribution in [0.15, 0.2) is 24.3 Å². The van der Waals surface area contributed by atoms with Gasteiger partial charge in [0, 0.05) is 18.7 Å². The van der Waals surface area contributed by atoms with Gasteiger partial charge in [0.05, 0.1) is 17.6 Å². The molecule has 1 amide bonds. The zero-order chi connectivity index (χ0) is 18.7. The van der Waals surface area contributed by atoms with Crippen molar-refractivity contribution in [1.82, 2.24) is 4.90 Å². The number of benzene rings is 1. The van der Waals surface area contributed by atoms with Crippen LogP contribution in [0.25, 0.3) is 0 Å². The van der Waals surface area contributed by atoms with E-state index < -0.39 is 5.97 Å². The largest absolute Gasteiger partial charge is 0.481 e. The maximum Gasteiger partial charge on any atom is 0.306 e. The number of aliphatic carboxylic acids is 1. The van der Waals surface area contributed by atoms with E-state index in [1.54, 1.807) is 24.3 Å². The number of carbonyl (C=O) groups excluding carboxylic acids is 1. The summed E-state index contributed by atoms with van der Waals surface area (Å²) in [6.07, 6.45) is 6.13. The van der Waals surface area contributed by atoms with Gasteiger partial charge in [-0.05, 0) is 74.1 Å². The Morgan fingerprint density at radius 3 is 2.23 bits per heavy atom. The van der Waals surface area contributed by atoms with E-state index >= 15 is 0 Å². The Bertz CT molecular complexity index is 702. The number of carbonyl (C=O) groups is 2. The molecule has 5 heteroatoms. The molecule has 1 atom stereocenters. The molecule has 1 aliphatic carbocycles. The fourth-order valence-corrected chi connectivity index (χ4v) is 4.51. The average Bonchev–Trinajstić information content (AvgIpc) is 2.68. The van der Waals surface area contributed by atoms with E-state index in [9.17, 15) is 14.7 Å². The minimum atomic E-state index is -0.686. The topological polar surface area (TPSA) is 81.4 Å². The quantitative estimate of drug-likeness (QED) is 0.897. The smallest absolute Gasteiger partial charge is 0.306 e. The normalized spacial score (nSPS) is 21.2. The Kier molecular flexibility index (Phi) is 5.31. The summed E-state index contributed by atoms with van der Waals surface area (Å²) in [4.78, 5) is 25.8. The lowest BCUT2D eigenvalue weighted by Crippen LogP contribution is -2.45. The van der Waals surface area contributed by atoms with Crippen molar-refractivity contribution >= 4 is 11.9 Å². The maximum absolute atomic E-state index is 12.7. The summed E-state index contributed by atoms with van der Waals surface area (Å²) in [6.45, 7) is 3.35. The number of nitrogens with zero attached hydrogens (tertiary/aromatic N) is 2. The van der Waals surface area contributed by atoms with Crippen LogP contribution in [-0.2, 0) is 4.79 Å². The lowest BCUT2D eigenvalue weighted by molar-refractivity contribution is -0.143. The first kappa shape index (κ1) is 18.4. The fraction of sp³-hybridized carbons (Fsp3) is 0.571. The molecule has 1 aromatic rings. The van der Waals surface area contributed by atoms with Gasteiger partial charge in [-0.2, -0.15) is 5.26 Å². The molecule has 1 saturated heterocycles. The number of carboxylic acid groups (broad SMARTS) is 1. The van der Waals surface area contributed by atoms with Crippen LogP contribution in [0, 0.1) is 28.6 Å². The second kappa shape index (κ2) is 7.49. The van der Waals surface area contributed by atoms with Gasteiger partial charge in [-0.3, -0.25) is 9.59 Å². The first-order chi connectivity index (χ1) is 12.4. The molecule has 1 heterocycles. The van der Waals surface area contributed by atoms with E-state index in [4.69, 9.17) is 5.26 Å². The van der Waals surface area contributed by atoms with Crippen molar-refractivity contribution in [3.63, 3.8) is 0 Å². The molecule has 1 aliphatic heterocycles. The summed E-state index contributed by atoms with van der Waals surface area (Å²) in [7, 11) is 0. The Balaban J connectivity index is 1.55. The molecule has 0 aromatic heterocycles. The Labute approximate surface area is 154 Å². The molecular formula is C21H26N2O3. The molecular weight excluding hydrogens is 328 g/mol. The van der Waals surface area contributed by atoms with E-state index in [1.807, 2.05) is 11.8 Å². The number of carboxylic acids is 1. The molecule has 1 N–H and O–H groups in total. The van der Waals surface area contributed by atoms with E-state index in [1.165, 1.54) is 0 Å². The van der Waals surface area contributed by atoms with Gasteiger partial charge in [0.25, 0.3) is 5.91 Å². The number of nitriles is 1. The monoisotopic (exact) mass is 354 g/mol. The van der Waals surface area contributed by atoms with Crippen LogP contribution in [0.5, 0.6) is 0 Å². The van der Waals surface area contributed by atoms with Crippen molar-refractivity contribution in [1.29, 1.82) is 5.26 Å². The highest BCUT2D eigenvalue weighted by molar-refractivity contribution is 5.94. The van der Waals surface area contributed by atoms with Crippen LogP contribution >= 0.6 is 0 Å². The van der Waals surface area contributed by atoms with Crippen LogP contribution in [0.1, 0.15) is 61.4 Å². The third-order valence-electron chi connectivity index (χ3n) is 6.56. The number of likely N-dealkylation sites (tertiary alicyclic amines) is 1. The number of rotatable bonds is 3. The predicted molar refractivity (Wildman–Crippen MR) is 97.5 cm³/mol. The standard InChI is InChI=1S/C21H26N2O3/c1-15(20(25)26)17-6-8-21(9-7-17)10-12-23(13-11-21)19(24)18-4-2-16(14-22)3-5-18/h2-5,15,17H,6-13H2,1H3,(H,25,26). The molecule has 0 bridgehead atoms. The summed E-state index contributed by atoms with van der Waals surface area (Å²) < 4.78 is 0. The van der Waals surface area contributed by atoms with Gasteiger partial charge in [0.1, 0.15) is 0 Å². The molecule has 0 radical (unpaired) electrons. The van der Waals surface area contributed by atoms with Crippen LogP contribution in [0.4, 0.5) is 0 Å². The average molecular weight is 354 g/mol. The fourth-order valence-electron chi connectivity index (χ4n) is 4.51. The van der Waals surface area contributed by atoms with Crippen LogP contribution in [0.3, 0.4) is 0 Å². The highest BCUT2D eigenvalue weighted by Gasteiger charge is 2.40. The summed E-state index contributed by atoms with van der Waals surface area (Å²) in [5, 5.41) is 18.1. The van der Waals surface area contributed by atoms with Crippen molar-refractivity contribution in [3.05, 3.63) is 35.4 Å². The van der Waals surface area contributed by atoms with Crippen molar-refractivity contribution < 1.29 is 14.7 Å². The van der Waals surface area contributed by atoms with Gasteiger partial charge < -0.3 is 10.0 Å². The van der Waals surface area contributed by atoms with Crippen LogP contribution in [-0.4, -0.2) is 35.0 Å². The first-order valence-corrected chi connectivity index (χ1v) is 9.46. The summed E-state index contributed by atoms with van der Waals surface area (Å²) in [6, 6.07) is 8.89. The molecule has 3 rings (SSSR count). The van der Waals surface area contributed by atoms with E-state index in [-0.39, 0.29) is 23.2 Å². The number of hydrogen-bond donors (Lipinski definition) is 1. The number of amides is 1. The highest BCUT2D eigenvalue weighted by Crippen LogP contribution is 2.47. The van der Waals surface area contributed by atoms with Gasteiger partial charge in [-0.15, -0.1) is 0 Å². The molecule has 2 aliphatic rings. The first-order valence-electron chi connectivity index (χ1n) is 9.46. The Hall–Kier alpha value is -2.35. The number of hydrogen-bond acceptors (Lipinski definition) is 3. The second-order valence-electron chi connectivity index (χ2n) is 7.95. The van der Waals surface area contributed by atoms with E-state index in [0.717, 1.165) is 51.6 Å². The summed E-state index contributed by atoms with van der Waals surface area (Å²) in [5.74, 6) is -0.617.